The number of aromatic nitrogens is 4. The number of hydrogen-bond donors (Lipinski definition) is 2. The Morgan fingerprint density at radius 3 is 2.31 bits per heavy atom. The number of aryl methyl sites for hydroxylation is 2. The molecule has 0 spiro atoms. The fourth-order valence-corrected chi connectivity index (χ4v) is 4.69. The van der Waals surface area contributed by atoms with Crippen molar-refractivity contribution in [1.82, 2.24) is 19.9 Å². The minimum Gasteiger partial charge on any atom is -0.386 e. The molecule has 9 heteroatoms. The molecule has 0 bridgehead atoms. The van der Waals surface area contributed by atoms with Crippen LogP contribution in [0.3, 0.4) is 0 Å². The zero-order valence-corrected chi connectivity index (χ0v) is 18.3. The van der Waals surface area contributed by atoms with Crippen molar-refractivity contribution in [3.05, 3.63) is 53.2 Å². The number of hydrogen-bond acceptors (Lipinski definition) is 7. The Bertz CT molecular complexity index is 1220. The molecule has 0 amide bonds. The molecule has 3 heterocycles. The van der Waals surface area contributed by atoms with E-state index in [-0.39, 0.29) is 5.34 Å². The van der Waals surface area contributed by atoms with Crippen molar-refractivity contribution < 1.29 is 5.11 Å². The fourth-order valence-electron chi connectivity index (χ4n) is 3.52. The third-order valence-electron chi connectivity index (χ3n) is 5.15. The summed E-state index contributed by atoms with van der Waals surface area (Å²) in [5.74, 6) is 1.54. The van der Waals surface area contributed by atoms with Gasteiger partial charge in [0.25, 0.3) is 0 Å². The van der Waals surface area contributed by atoms with Gasteiger partial charge in [-0.25, -0.2) is 19.9 Å². The topological polar surface area (TPSA) is 83.8 Å². The van der Waals surface area contributed by atoms with Crippen molar-refractivity contribution >= 4 is 53.3 Å². The van der Waals surface area contributed by atoms with Gasteiger partial charge in [-0.15, -0.1) is 11.3 Å². The maximum absolute atomic E-state index is 10.2. The first-order chi connectivity index (χ1) is 13.6. The molecule has 0 aliphatic heterocycles. The Morgan fingerprint density at radius 2 is 1.66 bits per heavy atom. The summed E-state index contributed by atoms with van der Waals surface area (Å²) in [5.41, 5.74) is 2.95. The van der Waals surface area contributed by atoms with Crippen molar-refractivity contribution in [3.8, 4) is 0 Å². The Kier molecular flexibility index (Phi) is 4.63. The van der Waals surface area contributed by atoms with Crippen LogP contribution in [0.25, 0.3) is 20.4 Å². The zero-order valence-electron chi connectivity index (χ0n) is 17.5. The van der Waals surface area contributed by atoms with Gasteiger partial charge in [0, 0.05) is 5.34 Å². The van der Waals surface area contributed by atoms with Crippen LogP contribution in [0.4, 0.5) is 5.82 Å². The summed E-state index contributed by atoms with van der Waals surface area (Å²) < 4.78 is 0.978. The van der Waals surface area contributed by atoms with Crippen LogP contribution in [-0.2, 0) is 10.9 Å². The van der Waals surface area contributed by atoms with E-state index < -0.39 is 5.60 Å². The first-order valence-electron chi connectivity index (χ1n) is 9.56. The highest BCUT2D eigenvalue weighted by Gasteiger charge is 2.25. The minimum atomic E-state index is -0.858. The van der Waals surface area contributed by atoms with E-state index in [9.17, 15) is 5.11 Å². The van der Waals surface area contributed by atoms with Crippen LogP contribution in [0, 0.1) is 13.8 Å². The van der Waals surface area contributed by atoms with Gasteiger partial charge in [-0.3, -0.25) is 0 Å². The predicted molar refractivity (Wildman–Crippen MR) is 124 cm³/mol. The standard InChI is InChI=1S/C20H23B2N5OS/c1-10-14-15-16(29-18(14)26-11(2)25-10)17(24-9-23-15)27-20(21,22)13-7-5-12(6-8-13)19(3,4)28/h5-9,28H,21-22H2,1-4H3,(H,23,24,27). The van der Waals surface area contributed by atoms with E-state index in [1.165, 1.54) is 0 Å². The van der Waals surface area contributed by atoms with Crippen molar-refractivity contribution in [1.29, 1.82) is 0 Å². The van der Waals surface area contributed by atoms with Crippen LogP contribution < -0.4 is 5.32 Å². The van der Waals surface area contributed by atoms with E-state index in [2.05, 4.69) is 40.9 Å². The lowest BCUT2D eigenvalue weighted by Crippen LogP contribution is -2.36. The summed E-state index contributed by atoms with van der Waals surface area (Å²) in [5, 5.41) is 14.4. The summed E-state index contributed by atoms with van der Waals surface area (Å²) >= 11 is 1.59. The second kappa shape index (κ2) is 6.78. The summed E-state index contributed by atoms with van der Waals surface area (Å²) in [6, 6.07) is 8.02. The highest BCUT2D eigenvalue weighted by Crippen LogP contribution is 2.37. The Morgan fingerprint density at radius 1 is 1.00 bits per heavy atom. The Labute approximate surface area is 175 Å². The molecular formula is C20H23B2N5OS. The van der Waals surface area contributed by atoms with Crippen LogP contribution >= 0.6 is 11.3 Å². The molecule has 4 aromatic rings. The molecule has 4 rings (SSSR count). The average Bonchev–Trinajstić information content (AvgIpc) is 3.00. The maximum atomic E-state index is 10.2. The monoisotopic (exact) mass is 403 g/mol. The second-order valence-corrected chi connectivity index (χ2v) is 9.42. The van der Waals surface area contributed by atoms with Gasteiger partial charge in [0.1, 0.15) is 38.5 Å². The van der Waals surface area contributed by atoms with Crippen LogP contribution in [-0.4, -0.2) is 40.7 Å². The molecule has 0 atom stereocenters. The third-order valence-corrected chi connectivity index (χ3v) is 6.23. The Hall–Kier alpha value is -2.51. The zero-order chi connectivity index (χ0) is 21.0. The second-order valence-electron chi connectivity index (χ2n) is 8.42. The number of fused-ring (bicyclic) bond motifs is 3. The van der Waals surface area contributed by atoms with Crippen molar-refractivity contribution in [2.24, 2.45) is 0 Å². The SMILES string of the molecule is BC(B)(Nc1ncnc2c1sc1nc(C)nc(C)c12)c1ccc(C(C)(C)O)cc1. The number of rotatable bonds is 4. The van der Waals surface area contributed by atoms with Crippen molar-refractivity contribution in [2.75, 3.05) is 5.32 Å². The molecule has 0 unspecified atom stereocenters. The van der Waals surface area contributed by atoms with Gasteiger partial charge >= 0.3 is 0 Å². The minimum absolute atomic E-state index is 0.369. The lowest BCUT2D eigenvalue weighted by Gasteiger charge is -2.29. The lowest BCUT2D eigenvalue weighted by molar-refractivity contribution is 0.0786. The van der Waals surface area contributed by atoms with Gasteiger partial charge in [-0.05, 0) is 38.8 Å². The quantitative estimate of drug-likeness (QED) is 0.507. The number of nitrogens with one attached hydrogen (secondary N) is 1. The number of nitrogens with zero attached hydrogens (tertiary/aromatic N) is 4. The first kappa shape index (κ1) is 19.8. The number of aliphatic hydroxyl groups is 1. The van der Waals surface area contributed by atoms with Gasteiger partial charge in [0.15, 0.2) is 0 Å². The van der Waals surface area contributed by atoms with E-state index in [1.54, 1.807) is 31.5 Å². The van der Waals surface area contributed by atoms with Crippen LogP contribution in [0.5, 0.6) is 0 Å². The average molecular weight is 403 g/mol. The van der Waals surface area contributed by atoms with E-state index in [0.717, 1.165) is 48.9 Å². The van der Waals surface area contributed by atoms with Gasteiger partial charge in [0.2, 0.25) is 0 Å². The smallest absolute Gasteiger partial charge is 0.146 e. The van der Waals surface area contributed by atoms with Gasteiger partial charge in [0.05, 0.1) is 26.9 Å². The first-order valence-corrected chi connectivity index (χ1v) is 10.4. The summed E-state index contributed by atoms with van der Waals surface area (Å²) in [7, 11) is 4.23. The van der Waals surface area contributed by atoms with E-state index >= 15 is 0 Å². The summed E-state index contributed by atoms with van der Waals surface area (Å²) in [6.07, 6.45) is 1.59. The molecule has 3 aromatic heterocycles. The van der Waals surface area contributed by atoms with Crippen LogP contribution in [0.1, 0.15) is 36.5 Å². The van der Waals surface area contributed by atoms with Crippen molar-refractivity contribution in [2.45, 2.75) is 38.6 Å². The molecule has 0 radical (unpaired) electrons. The summed E-state index contributed by atoms with van der Waals surface area (Å²) in [6.45, 7) is 7.47. The molecule has 6 nitrogen and oxygen atoms in total. The normalized spacial score (nSPS) is 12.6. The van der Waals surface area contributed by atoms with Crippen LogP contribution in [0.2, 0.25) is 0 Å². The number of benzene rings is 1. The maximum Gasteiger partial charge on any atom is 0.146 e. The molecule has 0 fully saturated rings. The van der Waals surface area contributed by atoms with Crippen LogP contribution in [0.15, 0.2) is 30.6 Å². The van der Waals surface area contributed by atoms with E-state index in [4.69, 9.17) is 0 Å². The molecule has 0 saturated heterocycles. The molecule has 0 aliphatic rings. The predicted octanol–water partition coefficient (Wildman–Crippen LogP) is 1.97. The van der Waals surface area contributed by atoms with Gasteiger partial charge in [-0.1, -0.05) is 24.3 Å². The number of anilines is 1. The van der Waals surface area contributed by atoms with Crippen molar-refractivity contribution in [3.63, 3.8) is 0 Å². The lowest BCUT2D eigenvalue weighted by atomic mass is 9.58. The molecule has 2 N–H and O–H groups in total. The number of thiophene rings is 1. The molecule has 29 heavy (non-hydrogen) atoms. The molecule has 1 aromatic carbocycles. The fraction of sp³-hybridized carbons (Fsp3) is 0.300. The summed E-state index contributed by atoms with van der Waals surface area (Å²) in [4.78, 5) is 19.1. The van der Waals surface area contributed by atoms with E-state index in [0.29, 0.717) is 0 Å². The molecular weight excluding hydrogens is 380 g/mol. The largest absolute Gasteiger partial charge is 0.386 e. The Balaban J connectivity index is 1.76. The highest BCUT2D eigenvalue weighted by molar-refractivity contribution is 7.26. The van der Waals surface area contributed by atoms with E-state index in [1.807, 2.05) is 38.1 Å². The molecule has 0 saturated carbocycles. The molecule has 146 valence electrons. The van der Waals surface area contributed by atoms with Gasteiger partial charge in [-0.2, -0.15) is 0 Å². The third kappa shape index (κ3) is 3.60. The van der Waals surface area contributed by atoms with Gasteiger partial charge < -0.3 is 10.4 Å². The highest BCUT2D eigenvalue weighted by atomic mass is 32.1. The molecule has 0 aliphatic carbocycles.